The van der Waals surface area contributed by atoms with E-state index >= 15 is 0 Å². The SMILES string of the molecule is O=c1c2cncc(Br)c2ccn1Cc1cn2cc(CN3CCC(F)(F)CC3)ccc2n1. The molecule has 0 aromatic carbocycles. The van der Waals surface area contributed by atoms with E-state index in [1.165, 1.54) is 0 Å². The summed E-state index contributed by atoms with van der Waals surface area (Å²) in [6.07, 6.45) is 8.71. The standard InChI is InChI=1S/C22H20BrF2N5O/c23-19-10-26-9-18-17(19)3-6-29(21(18)31)13-16-14-30-12-15(1-2-20(30)27-16)11-28-7-4-22(24,25)5-8-28/h1-3,6,9-10,12,14H,4-5,7-8,11,13H2. The Hall–Kier alpha value is -2.65. The molecule has 0 N–H and O–H groups in total. The summed E-state index contributed by atoms with van der Waals surface area (Å²) < 4.78 is 31.1. The molecule has 0 bridgehead atoms. The van der Waals surface area contributed by atoms with Gasteiger partial charge >= 0.3 is 0 Å². The van der Waals surface area contributed by atoms with Gasteiger partial charge in [-0.25, -0.2) is 13.8 Å². The molecule has 0 radical (unpaired) electrons. The van der Waals surface area contributed by atoms with E-state index in [1.54, 1.807) is 23.2 Å². The van der Waals surface area contributed by atoms with Crippen LogP contribution in [0.3, 0.4) is 0 Å². The maximum Gasteiger partial charge on any atom is 0.260 e. The molecule has 0 unspecified atom stereocenters. The summed E-state index contributed by atoms with van der Waals surface area (Å²) in [6, 6.07) is 5.78. The minimum Gasteiger partial charge on any atom is -0.309 e. The molecule has 4 aromatic rings. The Morgan fingerprint density at radius 1 is 1.03 bits per heavy atom. The van der Waals surface area contributed by atoms with Gasteiger partial charge in [-0.3, -0.25) is 14.7 Å². The average molecular weight is 488 g/mol. The van der Waals surface area contributed by atoms with Gasteiger partial charge in [0.25, 0.3) is 11.5 Å². The first-order valence-corrected chi connectivity index (χ1v) is 10.9. The van der Waals surface area contributed by atoms with Crippen LogP contribution in [0.15, 0.2) is 58.5 Å². The van der Waals surface area contributed by atoms with E-state index in [0.717, 1.165) is 26.8 Å². The van der Waals surface area contributed by atoms with Gasteiger partial charge in [-0.2, -0.15) is 0 Å². The van der Waals surface area contributed by atoms with Crippen molar-refractivity contribution in [1.29, 1.82) is 0 Å². The maximum atomic E-state index is 13.4. The first kappa shape index (κ1) is 20.3. The second-order valence-corrected chi connectivity index (χ2v) is 8.85. The van der Waals surface area contributed by atoms with Crippen LogP contribution in [0.5, 0.6) is 0 Å². The molecule has 1 aliphatic heterocycles. The summed E-state index contributed by atoms with van der Waals surface area (Å²) in [5.41, 5.74) is 2.47. The number of imidazole rings is 1. The Labute approximate surface area is 185 Å². The van der Waals surface area contributed by atoms with Gasteiger partial charge in [0.1, 0.15) is 5.65 Å². The predicted molar refractivity (Wildman–Crippen MR) is 117 cm³/mol. The molecule has 9 heteroatoms. The minimum atomic E-state index is -2.54. The van der Waals surface area contributed by atoms with Crippen LogP contribution >= 0.6 is 15.9 Å². The van der Waals surface area contributed by atoms with E-state index in [0.29, 0.717) is 31.6 Å². The van der Waals surface area contributed by atoms with Crippen molar-refractivity contribution in [2.24, 2.45) is 0 Å². The zero-order chi connectivity index (χ0) is 21.6. The van der Waals surface area contributed by atoms with E-state index < -0.39 is 5.92 Å². The molecule has 4 aromatic heterocycles. The summed E-state index contributed by atoms with van der Waals surface area (Å²) in [6.45, 7) is 1.77. The second-order valence-electron chi connectivity index (χ2n) is 8.00. The van der Waals surface area contributed by atoms with Gasteiger partial charge in [0.05, 0.1) is 17.6 Å². The van der Waals surface area contributed by atoms with Crippen LogP contribution in [-0.2, 0) is 13.1 Å². The normalized spacial score (nSPS) is 16.9. The summed E-state index contributed by atoms with van der Waals surface area (Å²) in [5, 5.41) is 1.38. The number of fused-ring (bicyclic) bond motifs is 2. The van der Waals surface area contributed by atoms with Crippen molar-refractivity contribution >= 4 is 32.3 Å². The number of aromatic nitrogens is 4. The van der Waals surface area contributed by atoms with Crippen molar-refractivity contribution in [1.82, 2.24) is 23.8 Å². The third kappa shape index (κ3) is 4.12. The lowest BCUT2D eigenvalue weighted by Gasteiger charge is -2.31. The lowest BCUT2D eigenvalue weighted by atomic mass is 10.1. The Bertz CT molecular complexity index is 1320. The second kappa shape index (κ2) is 7.80. The van der Waals surface area contributed by atoms with Crippen LogP contribution in [0, 0.1) is 0 Å². The zero-order valence-corrected chi connectivity index (χ0v) is 18.2. The largest absolute Gasteiger partial charge is 0.309 e. The molecule has 160 valence electrons. The van der Waals surface area contributed by atoms with E-state index in [2.05, 4.69) is 30.8 Å². The van der Waals surface area contributed by atoms with Crippen molar-refractivity contribution in [3.63, 3.8) is 0 Å². The van der Waals surface area contributed by atoms with Gasteiger partial charge in [-0.05, 0) is 33.6 Å². The number of pyridine rings is 3. The Kier molecular flexibility index (Phi) is 5.10. The first-order chi connectivity index (χ1) is 14.9. The van der Waals surface area contributed by atoms with Gasteiger partial charge in [0.2, 0.25) is 0 Å². The molecule has 1 saturated heterocycles. The molecule has 0 atom stereocenters. The minimum absolute atomic E-state index is 0.0862. The van der Waals surface area contributed by atoms with Gasteiger partial charge < -0.3 is 8.97 Å². The summed E-state index contributed by atoms with van der Waals surface area (Å²) in [5.74, 6) is -2.54. The maximum absolute atomic E-state index is 13.4. The summed E-state index contributed by atoms with van der Waals surface area (Å²) in [4.78, 5) is 23.6. The quantitative estimate of drug-likeness (QED) is 0.435. The first-order valence-electron chi connectivity index (χ1n) is 10.1. The number of alkyl halides is 2. The Balaban J connectivity index is 1.36. The van der Waals surface area contributed by atoms with E-state index in [9.17, 15) is 13.6 Å². The van der Waals surface area contributed by atoms with Crippen LogP contribution < -0.4 is 5.56 Å². The van der Waals surface area contributed by atoms with Crippen LogP contribution in [0.4, 0.5) is 8.78 Å². The van der Waals surface area contributed by atoms with Crippen LogP contribution in [0.1, 0.15) is 24.1 Å². The van der Waals surface area contributed by atoms with Gasteiger partial charge in [0, 0.05) is 73.3 Å². The van der Waals surface area contributed by atoms with Crippen LogP contribution in [-0.4, -0.2) is 42.8 Å². The molecule has 5 heterocycles. The Morgan fingerprint density at radius 2 is 1.84 bits per heavy atom. The predicted octanol–water partition coefficient (Wildman–Crippen LogP) is 4.09. The number of rotatable bonds is 4. The Morgan fingerprint density at radius 3 is 2.65 bits per heavy atom. The van der Waals surface area contributed by atoms with Gasteiger partial charge in [-0.15, -0.1) is 0 Å². The molecular weight excluding hydrogens is 468 g/mol. The van der Waals surface area contributed by atoms with Crippen LogP contribution in [0.25, 0.3) is 16.4 Å². The molecule has 0 amide bonds. The number of hydrogen-bond acceptors (Lipinski definition) is 4. The number of likely N-dealkylation sites (tertiary alicyclic amines) is 1. The molecule has 6 nitrogen and oxygen atoms in total. The van der Waals surface area contributed by atoms with Crippen molar-refractivity contribution in [3.8, 4) is 0 Å². The third-order valence-electron chi connectivity index (χ3n) is 5.74. The molecule has 1 aliphatic rings. The van der Waals surface area contributed by atoms with Crippen LogP contribution in [0.2, 0.25) is 0 Å². The average Bonchev–Trinajstić information content (AvgIpc) is 3.14. The van der Waals surface area contributed by atoms with E-state index in [4.69, 9.17) is 0 Å². The highest BCUT2D eigenvalue weighted by Crippen LogP contribution is 2.28. The summed E-state index contributed by atoms with van der Waals surface area (Å²) >= 11 is 3.43. The highest BCUT2D eigenvalue weighted by Gasteiger charge is 2.33. The fourth-order valence-corrected chi connectivity index (χ4v) is 4.49. The number of halogens is 3. The smallest absolute Gasteiger partial charge is 0.260 e. The zero-order valence-electron chi connectivity index (χ0n) is 16.6. The molecule has 0 saturated carbocycles. The molecule has 31 heavy (non-hydrogen) atoms. The van der Waals surface area contributed by atoms with Crippen molar-refractivity contribution in [2.75, 3.05) is 13.1 Å². The third-order valence-corrected chi connectivity index (χ3v) is 6.37. The molecule has 0 aliphatic carbocycles. The summed E-state index contributed by atoms with van der Waals surface area (Å²) in [7, 11) is 0. The van der Waals surface area contributed by atoms with Crippen molar-refractivity contribution in [2.45, 2.75) is 31.9 Å². The fraction of sp³-hybridized carbons (Fsp3) is 0.318. The number of hydrogen-bond donors (Lipinski definition) is 0. The number of piperidine rings is 1. The topological polar surface area (TPSA) is 55.4 Å². The fourth-order valence-electron chi connectivity index (χ4n) is 4.03. The lowest BCUT2D eigenvalue weighted by molar-refractivity contribution is -0.0566. The van der Waals surface area contributed by atoms with Crippen molar-refractivity contribution < 1.29 is 8.78 Å². The highest BCUT2D eigenvalue weighted by molar-refractivity contribution is 9.10. The highest BCUT2D eigenvalue weighted by atomic mass is 79.9. The molecule has 0 spiro atoms. The molecule has 5 rings (SSSR count). The van der Waals surface area contributed by atoms with Gasteiger partial charge in [-0.1, -0.05) is 6.07 Å². The van der Waals surface area contributed by atoms with Gasteiger partial charge in [0.15, 0.2) is 0 Å². The van der Waals surface area contributed by atoms with Crippen molar-refractivity contribution in [3.05, 3.63) is 75.3 Å². The van der Waals surface area contributed by atoms with E-state index in [-0.39, 0.29) is 18.4 Å². The lowest BCUT2D eigenvalue weighted by Crippen LogP contribution is -2.38. The number of nitrogens with zero attached hydrogens (tertiary/aromatic N) is 5. The molecular formula is C22H20BrF2N5O. The molecule has 1 fully saturated rings. The monoisotopic (exact) mass is 487 g/mol. The van der Waals surface area contributed by atoms with E-state index in [1.807, 2.05) is 35.0 Å².